The van der Waals surface area contributed by atoms with E-state index in [1.54, 1.807) is 84.9 Å². The highest BCUT2D eigenvalue weighted by Crippen LogP contribution is 2.58. The predicted octanol–water partition coefficient (Wildman–Crippen LogP) is 3.37. The third kappa shape index (κ3) is 3.37. The minimum absolute atomic E-state index is 0.0861. The number of hydrogen-bond donors (Lipinski definition) is 4. The van der Waals surface area contributed by atoms with Gasteiger partial charge in [-0.1, -0.05) is 115 Å². The van der Waals surface area contributed by atoms with Crippen LogP contribution in [-0.2, 0) is 20.8 Å². The van der Waals surface area contributed by atoms with Crippen LogP contribution in [0, 0.1) is 5.41 Å². The van der Waals surface area contributed by atoms with Gasteiger partial charge in [0.05, 0.1) is 0 Å². The summed E-state index contributed by atoms with van der Waals surface area (Å²) >= 11 is 0. The minimum Gasteiger partial charge on any atom is -0.480 e. The molecule has 0 bridgehead atoms. The zero-order valence-electron chi connectivity index (χ0n) is 21.3. The first-order valence-electron chi connectivity index (χ1n) is 12.9. The number of benzene rings is 4. The Morgan fingerprint density at radius 3 is 1.85 bits per heavy atom. The number of carboxylic acids is 2. The van der Waals surface area contributed by atoms with Gasteiger partial charge in [-0.3, -0.25) is 9.59 Å². The number of carbonyl (C=O) groups is 2. The van der Waals surface area contributed by atoms with Crippen molar-refractivity contribution in [2.75, 3.05) is 0 Å². The van der Waals surface area contributed by atoms with Gasteiger partial charge < -0.3 is 20.4 Å². The summed E-state index contributed by atoms with van der Waals surface area (Å²) in [5.74, 6) is -4.50. The fraction of sp³-hybridized carbons (Fsp3) is 0.118. The van der Waals surface area contributed by atoms with Crippen molar-refractivity contribution >= 4 is 29.7 Å². The Morgan fingerprint density at radius 1 is 0.650 bits per heavy atom. The third-order valence-electron chi connectivity index (χ3n) is 8.24. The zero-order valence-corrected chi connectivity index (χ0v) is 21.3. The Hall–Kier alpha value is -4.78. The number of fused-ring (bicyclic) bond motifs is 2. The van der Waals surface area contributed by atoms with Crippen LogP contribution >= 0.6 is 0 Å². The number of rotatable bonds is 5. The van der Waals surface area contributed by atoms with Gasteiger partial charge in [-0.2, -0.15) is 0 Å². The summed E-state index contributed by atoms with van der Waals surface area (Å²) < 4.78 is 0. The fourth-order valence-electron chi connectivity index (χ4n) is 6.38. The van der Waals surface area contributed by atoms with Crippen LogP contribution in [0.2, 0.25) is 0 Å². The Labute approximate surface area is 230 Å². The van der Waals surface area contributed by atoms with Gasteiger partial charge in [0.1, 0.15) is 11.2 Å². The second-order valence-electron chi connectivity index (χ2n) is 10.2. The van der Waals surface area contributed by atoms with Gasteiger partial charge in [0.25, 0.3) is 0 Å². The molecule has 0 amide bonds. The van der Waals surface area contributed by atoms with Gasteiger partial charge in [0.2, 0.25) is 5.41 Å². The minimum atomic E-state index is -2.81. The van der Waals surface area contributed by atoms with Gasteiger partial charge in [-0.25, -0.2) is 0 Å². The Bertz CT molecular complexity index is 1780. The van der Waals surface area contributed by atoms with E-state index in [9.17, 15) is 30.0 Å². The second kappa shape index (κ2) is 9.16. The molecule has 198 valence electrons. The molecule has 6 rings (SSSR count). The quantitative estimate of drug-likeness (QED) is 0.294. The molecule has 3 atom stereocenters. The summed E-state index contributed by atoms with van der Waals surface area (Å²) in [7, 11) is 0. The fourth-order valence-corrected chi connectivity index (χ4v) is 6.38. The van der Waals surface area contributed by atoms with Crippen molar-refractivity contribution in [3.05, 3.63) is 148 Å². The van der Waals surface area contributed by atoms with Gasteiger partial charge in [-0.15, -0.1) is 0 Å². The lowest BCUT2D eigenvalue weighted by Crippen LogP contribution is -2.62. The van der Waals surface area contributed by atoms with Crippen LogP contribution in [0.3, 0.4) is 0 Å². The molecule has 6 nitrogen and oxygen atoms in total. The molecule has 4 aromatic carbocycles. The Morgan fingerprint density at radius 2 is 1.20 bits per heavy atom. The molecular formula is C34H26O6. The highest BCUT2D eigenvalue weighted by atomic mass is 16.4. The molecule has 40 heavy (non-hydrogen) atoms. The molecular weight excluding hydrogens is 504 g/mol. The smallest absolute Gasteiger partial charge is 0.328 e. The molecule has 0 fully saturated rings. The zero-order chi connectivity index (χ0) is 28.1. The second-order valence-corrected chi connectivity index (χ2v) is 10.2. The van der Waals surface area contributed by atoms with E-state index in [-0.39, 0.29) is 11.1 Å². The molecule has 2 aliphatic carbocycles. The van der Waals surface area contributed by atoms with Crippen LogP contribution in [0.25, 0.3) is 17.7 Å². The largest absolute Gasteiger partial charge is 0.480 e. The lowest BCUT2D eigenvalue weighted by atomic mass is 9.55. The lowest BCUT2D eigenvalue weighted by molar-refractivity contribution is -0.173. The standard InChI is InChI=1S/C34H26O6/c35-30(36)32(31(37)38)21-23-12-8-10-18-27(23)29(34(32,40)25-15-5-2-6-16-25)28-26-17-9-7-11-22(26)19-20-33(28,39)24-13-3-1-4-14-24/h1-21,28,39-40H,(H,35,36)(H,37,38). The maximum absolute atomic E-state index is 13.2. The SMILES string of the molecule is O=C(O)C1(C(=O)O)C=c2ccccc2=C(C2c3ccccc3C=CC2(O)c2ccccc2)C1(O)c1ccccc1. The van der Waals surface area contributed by atoms with Crippen LogP contribution in [-0.4, -0.2) is 32.4 Å². The average Bonchev–Trinajstić information content (AvgIpc) is 2.98. The monoisotopic (exact) mass is 530 g/mol. The van der Waals surface area contributed by atoms with E-state index in [4.69, 9.17) is 0 Å². The van der Waals surface area contributed by atoms with Crippen LogP contribution in [0.1, 0.15) is 28.2 Å². The number of aliphatic carboxylic acids is 2. The first-order valence-corrected chi connectivity index (χ1v) is 12.9. The molecule has 4 N–H and O–H groups in total. The van der Waals surface area contributed by atoms with Crippen molar-refractivity contribution in [1.29, 1.82) is 0 Å². The third-order valence-corrected chi connectivity index (χ3v) is 8.24. The Kier molecular flexibility index (Phi) is 5.84. The molecule has 6 heteroatoms. The van der Waals surface area contributed by atoms with Gasteiger partial charge in [-0.05, 0) is 50.4 Å². The van der Waals surface area contributed by atoms with Crippen LogP contribution < -0.4 is 10.4 Å². The first kappa shape index (κ1) is 25.5. The van der Waals surface area contributed by atoms with Gasteiger partial charge >= 0.3 is 11.9 Å². The maximum Gasteiger partial charge on any atom is 0.328 e. The van der Waals surface area contributed by atoms with Crippen molar-refractivity contribution < 1.29 is 30.0 Å². The highest BCUT2D eigenvalue weighted by Gasteiger charge is 2.67. The van der Waals surface area contributed by atoms with Crippen molar-refractivity contribution in [3.8, 4) is 0 Å². The van der Waals surface area contributed by atoms with Crippen molar-refractivity contribution in [2.24, 2.45) is 5.41 Å². The van der Waals surface area contributed by atoms with Crippen LogP contribution in [0.5, 0.6) is 0 Å². The lowest BCUT2D eigenvalue weighted by Gasteiger charge is -2.50. The number of carboxylic acid groups (broad SMARTS) is 2. The molecule has 0 radical (unpaired) electrons. The van der Waals surface area contributed by atoms with Crippen LogP contribution in [0.4, 0.5) is 0 Å². The first-order chi connectivity index (χ1) is 19.2. The molecule has 0 saturated carbocycles. The molecule has 0 heterocycles. The number of hydrogen-bond acceptors (Lipinski definition) is 4. The van der Waals surface area contributed by atoms with Crippen molar-refractivity contribution in [3.63, 3.8) is 0 Å². The molecule has 0 saturated heterocycles. The summed E-state index contributed by atoms with van der Waals surface area (Å²) in [6.45, 7) is 0. The summed E-state index contributed by atoms with van der Waals surface area (Å²) in [5.41, 5.74) is -5.11. The van der Waals surface area contributed by atoms with Gasteiger partial charge in [0, 0.05) is 5.92 Å². The maximum atomic E-state index is 13.2. The van der Waals surface area contributed by atoms with E-state index in [0.717, 1.165) is 11.6 Å². The Balaban J connectivity index is 1.85. The number of aliphatic hydroxyl groups is 2. The summed E-state index contributed by atoms with van der Waals surface area (Å²) in [6, 6.07) is 31.0. The van der Waals surface area contributed by atoms with E-state index in [2.05, 4.69) is 0 Å². The molecule has 0 spiro atoms. The summed E-state index contributed by atoms with van der Waals surface area (Å²) in [4.78, 5) is 26.3. The molecule has 2 aliphatic rings. The van der Waals surface area contributed by atoms with E-state index < -0.39 is 34.5 Å². The highest BCUT2D eigenvalue weighted by molar-refractivity contribution is 6.10. The topological polar surface area (TPSA) is 115 Å². The normalized spacial score (nSPS) is 24.4. The van der Waals surface area contributed by atoms with Gasteiger partial charge in [0.15, 0.2) is 0 Å². The van der Waals surface area contributed by atoms with E-state index in [1.165, 1.54) is 12.1 Å². The van der Waals surface area contributed by atoms with Crippen molar-refractivity contribution in [1.82, 2.24) is 0 Å². The van der Waals surface area contributed by atoms with E-state index in [0.29, 0.717) is 21.6 Å². The predicted molar refractivity (Wildman–Crippen MR) is 150 cm³/mol. The summed E-state index contributed by atoms with van der Waals surface area (Å²) in [5, 5.41) is 47.8. The molecule has 4 aromatic rings. The molecule has 0 aliphatic heterocycles. The van der Waals surface area contributed by atoms with E-state index in [1.807, 2.05) is 24.3 Å². The average molecular weight is 531 g/mol. The molecule has 0 aromatic heterocycles. The van der Waals surface area contributed by atoms with Crippen LogP contribution in [0.15, 0.2) is 115 Å². The van der Waals surface area contributed by atoms with E-state index >= 15 is 0 Å². The summed E-state index contributed by atoms with van der Waals surface area (Å²) in [6.07, 6.45) is 4.55. The molecule has 3 unspecified atom stereocenters. The van der Waals surface area contributed by atoms with Crippen molar-refractivity contribution in [2.45, 2.75) is 17.1 Å².